The molecule has 0 radical (unpaired) electrons. The van der Waals surface area contributed by atoms with Crippen molar-refractivity contribution >= 4 is 98.3 Å². The van der Waals surface area contributed by atoms with Gasteiger partial charge in [-0.25, -0.2) is 0 Å². The van der Waals surface area contributed by atoms with Crippen LogP contribution in [0.5, 0.6) is 0 Å². The smallest absolute Gasteiger partial charge is 0.143 e. The van der Waals surface area contributed by atoms with E-state index in [4.69, 9.17) is 4.42 Å². The highest BCUT2D eigenvalue weighted by Gasteiger charge is 2.22. The standard InChI is InChI=1S/C52H34N2OS/c1-4-16-36(17-5-1)53(37-18-6-2-7-19-37)45-25-14-27-47-50(45)44-34-43(40-22-10-11-23-41(40)52(44)55-47)35-30-32-39(33-31-35)54(38-20-8-3-9-21-38)46-26-15-29-49-51(46)42-24-12-13-28-48(42)56-49/h1-34H. The number of fused-ring (bicyclic) bond motifs is 8. The van der Waals surface area contributed by atoms with Crippen LogP contribution in [0.4, 0.5) is 34.1 Å². The topological polar surface area (TPSA) is 19.6 Å². The highest BCUT2D eigenvalue weighted by molar-refractivity contribution is 7.26. The average Bonchev–Trinajstić information content (AvgIpc) is 3.85. The molecule has 0 aliphatic rings. The van der Waals surface area contributed by atoms with E-state index in [9.17, 15) is 0 Å². The molecule has 11 aromatic rings. The van der Waals surface area contributed by atoms with Gasteiger partial charge in [-0.15, -0.1) is 11.3 Å². The number of thiophene rings is 1. The minimum absolute atomic E-state index is 0.862. The summed E-state index contributed by atoms with van der Waals surface area (Å²) in [6, 6.07) is 73.7. The molecular weight excluding hydrogens is 701 g/mol. The predicted octanol–water partition coefficient (Wildman–Crippen LogP) is 15.7. The highest BCUT2D eigenvalue weighted by Crippen LogP contribution is 2.48. The van der Waals surface area contributed by atoms with Gasteiger partial charge in [-0.3, -0.25) is 0 Å². The van der Waals surface area contributed by atoms with Crippen LogP contribution in [0.1, 0.15) is 0 Å². The van der Waals surface area contributed by atoms with Gasteiger partial charge in [0, 0.05) is 53.7 Å². The molecule has 0 amide bonds. The van der Waals surface area contributed by atoms with E-state index in [1.165, 1.54) is 31.4 Å². The van der Waals surface area contributed by atoms with Crippen LogP contribution < -0.4 is 9.80 Å². The van der Waals surface area contributed by atoms with Crippen molar-refractivity contribution in [2.45, 2.75) is 0 Å². The minimum Gasteiger partial charge on any atom is -0.455 e. The summed E-state index contributed by atoms with van der Waals surface area (Å²) in [5.74, 6) is 0. The van der Waals surface area contributed by atoms with Crippen molar-refractivity contribution in [2.75, 3.05) is 9.80 Å². The molecule has 0 N–H and O–H groups in total. The lowest BCUT2D eigenvalue weighted by Gasteiger charge is -2.26. The minimum atomic E-state index is 0.862. The van der Waals surface area contributed by atoms with Gasteiger partial charge in [-0.1, -0.05) is 121 Å². The number of furan rings is 1. The number of para-hydroxylation sites is 3. The summed E-state index contributed by atoms with van der Waals surface area (Å²) >= 11 is 1.85. The number of hydrogen-bond donors (Lipinski definition) is 0. The maximum atomic E-state index is 6.79. The van der Waals surface area contributed by atoms with Crippen molar-refractivity contribution in [3.05, 3.63) is 206 Å². The zero-order valence-corrected chi connectivity index (χ0v) is 31.2. The number of anilines is 6. The molecule has 11 rings (SSSR count). The fraction of sp³-hybridized carbons (Fsp3) is 0. The Labute approximate surface area is 328 Å². The first-order valence-corrected chi connectivity index (χ1v) is 19.7. The number of benzene rings is 9. The van der Waals surface area contributed by atoms with Gasteiger partial charge < -0.3 is 14.2 Å². The van der Waals surface area contributed by atoms with Gasteiger partial charge in [-0.05, 0) is 101 Å². The molecule has 0 bridgehead atoms. The van der Waals surface area contributed by atoms with Crippen molar-refractivity contribution in [3.63, 3.8) is 0 Å². The van der Waals surface area contributed by atoms with Crippen LogP contribution in [0.3, 0.4) is 0 Å². The van der Waals surface area contributed by atoms with E-state index >= 15 is 0 Å². The summed E-state index contributed by atoms with van der Waals surface area (Å²) in [6.45, 7) is 0. The maximum absolute atomic E-state index is 6.79. The molecule has 4 heteroatoms. The van der Waals surface area contributed by atoms with Gasteiger partial charge >= 0.3 is 0 Å². The second-order valence-electron chi connectivity index (χ2n) is 14.1. The van der Waals surface area contributed by atoms with E-state index < -0.39 is 0 Å². The van der Waals surface area contributed by atoms with Crippen molar-refractivity contribution in [1.29, 1.82) is 0 Å². The van der Waals surface area contributed by atoms with Crippen molar-refractivity contribution in [2.24, 2.45) is 0 Å². The molecule has 0 aliphatic carbocycles. The molecule has 2 aromatic heterocycles. The molecule has 3 nitrogen and oxygen atoms in total. The molecule has 264 valence electrons. The molecule has 0 atom stereocenters. The van der Waals surface area contributed by atoms with Crippen molar-refractivity contribution < 1.29 is 4.42 Å². The molecule has 0 spiro atoms. The number of hydrogen-bond acceptors (Lipinski definition) is 4. The zero-order chi connectivity index (χ0) is 37.0. The second-order valence-corrected chi connectivity index (χ2v) is 15.2. The van der Waals surface area contributed by atoms with Gasteiger partial charge in [0.2, 0.25) is 0 Å². The molecule has 0 saturated heterocycles. The Balaban J connectivity index is 1.10. The summed E-state index contributed by atoms with van der Waals surface area (Å²) in [6.07, 6.45) is 0. The lowest BCUT2D eigenvalue weighted by atomic mass is 9.94. The Bertz CT molecular complexity index is 3150. The average molecular weight is 735 g/mol. The predicted molar refractivity (Wildman–Crippen MR) is 239 cm³/mol. The summed E-state index contributed by atoms with van der Waals surface area (Å²) in [4.78, 5) is 4.72. The summed E-state index contributed by atoms with van der Waals surface area (Å²) < 4.78 is 9.37. The van der Waals surface area contributed by atoms with Gasteiger partial charge in [0.25, 0.3) is 0 Å². The Morgan fingerprint density at radius 2 is 0.857 bits per heavy atom. The molecule has 0 fully saturated rings. The third-order valence-corrected chi connectivity index (χ3v) is 12.0. The van der Waals surface area contributed by atoms with Crippen LogP contribution in [0.25, 0.3) is 64.0 Å². The summed E-state index contributed by atoms with van der Waals surface area (Å²) in [7, 11) is 0. The molecule has 0 saturated carbocycles. The van der Waals surface area contributed by atoms with Gasteiger partial charge in [0.1, 0.15) is 11.2 Å². The molecule has 56 heavy (non-hydrogen) atoms. The first-order chi connectivity index (χ1) is 27.8. The van der Waals surface area contributed by atoms with E-state index in [-0.39, 0.29) is 0 Å². The Hall–Kier alpha value is -7.14. The van der Waals surface area contributed by atoms with Gasteiger partial charge in [-0.2, -0.15) is 0 Å². The van der Waals surface area contributed by atoms with Crippen LogP contribution in [0, 0.1) is 0 Å². The molecule has 0 aliphatic heterocycles. The Kier molecular flexibility index (Phi) is 7.68. The fourth-order valence-corrected chi connectivity index (χ4v) is 9.50. The summed E-state index contributed by atoms with van der Waals surface area (Å²) in [5.41, 5.74) is 10.7. The van der Waals surface area contributed by atoms with Crippen LogP contribution in [-0.2, 0) is 0 Å². The van der Waals surface area contributed by atoms with E-state index in [2.05, 4.69) is 216 Å². The van der Waals surface area contributed by atoms with E-state index in [1.54, 1.807) is 0 Å². The van der Waals surface area contributed by atoms with Crippen molar-refractivity contribution in [3.8, 4) is 11.1 Å². The van der Waals surface area contributed by atoms with E-state index in [0.29, 0.717) is 0 Å². The lowest BCUT2D eigenvalue weighted by molar-refractivity contribution is 0.672. The largest absolute Gasteiger partial charge is 0.455 e. The van der Waals surface area contributed by atoms with Crippen LogP contribution >= 0.6 is 11.3 Å². The summed E-state index contributed by atoms with van der Waals surface area (Å²) in [5, 5.41) is 6.99. The Morgan fingerprint density at radius 3 is 1.50 bits per heavy atom. The van der Waals surface area contributed by atoms with E-state index in [0.717, 1.165) is 66.7 Å². The van der Waals surface area contributed by atoms with Gasteiger partial charge in [0.15, 0.2) is 0 Å². The third-order valence-electron chi connectivity index (χ3n) is 10.8. The third kappa shape index (κ3) is 5.26. The molecular formula is C52H34N2OS. The molecule has 2 heterocycles. The number of rotatable bonds is 7. The van der Waals surface area contributed by atoms with Crippen LogP contribution in [0.15, 0.2) is 211 Å². The SMILES string of the molecule is c1ccc(N(c2ccccc2)c2cccc3oc4c5ccccc5c(-c5ccc(N(c6ccccc6)c6cccc7sc8ccccc8c67)cc5)cc4c23)cc1. The highest BCUT2D eigenvalue weighted by atomic mass is 32.1. The fourth-order valence-electron chi connectivity index (χ4n) is 8.37. The zero-order valence-electron chi connectivity index (χ0n) is 30.3. The van der Waals surface area contributed by atoms with Crippen LogP contribution in [0.2, 0.25) is 0 Å². The van der Waals surface area contributed by atoms with Crippen molar-refractivity contribution in [1.82, 2.24) is 0 Å². The maximum Gasteiger partial charge on any atom is 0.143 e. The second kappa shape index (κ2) is 13.3. The first kappa shape index (κ1) is 32.3. The van der Waals surface area contributed by atoms with Crippen LogP contribution in [-0.4, -0.2) is 0 Å². The Morgan fingerprint density at radius 1 is 0.357 bits per heavy atom. The normalized spacial score (nSPS) is 11.6. The monoisotopic (exact) mass is 734 g/mol. The van der Waals surface area contributed by atoms with Gasteiger partial charge in [0.05, 0.1) is 16.8 Å². The molecule has 9 aromatic carbocycles. The van der Waals surface area contributed by atoms with E-state index in [1.807, 2.05) is 11.3 Å². The lowest BCUT2D eigenvalue weighted by Crippen LogP contribution is -2.10. The quantitative estimate of drug-likeness (QED) is 0.163. The molecule has 0 unspecified atom stereocenters. The number of nitrogens with zero attached hydrogens (tertiary/aromatic N) is 2. The first-order valence-electron chi connectivity index (χ1n) is 18.9.